The molecule has 0 aliphatic carbocycles. The van der Waals surface area contributed by atoms with Gasteiger partial charge >= 0.3 is 0 Å². The van der Waals surface area contributed by atoms with Crippen LogP contribution in [0.15, 0.2) is 36.7 Å². The Morgan fingerprint density at radius 1 is 1.29 bits per heavy atom. The molecule has 2 rings (SSSR count). The lowest BCUT2D eigenvalue weighted by Crippen LogP contribution is -2.11. The average molecular weight is 233 g/mol. The van der Waals surface area contributed by atoms with Crippen molar-refractivity contribution in [2.75, 3.05) is 13.6 Å². The molecule has 0 radical (unpaired) electrons. The van der Waals surface area contributed by atoms with Gasteiger partial charge < -0.3 is 9.88 Å². The topological polar surface area (TPSA) is 29.9 Å². The molecule has 0 atom stereocenters. The number of nitrogens with one attached hydrogen (secondary N) is 1. The minimum absolute atomic E-state index is 0.220. The highest BCUT2D eigenvalue weighted by molar-refractivity contribution is 5.55. The molecule has 0 saturated carbocycles. The Labute approximate surface area is 100 Å². The molecule has 0 spiro atoms. The summed E-state index contributed by atoms with van der Waals surface area (Å²) in [6, 6.07) is 6.43. The fourth-order valence-electron chi connectivity index (χ4n) is 1.78. The fourth-order valence-corrected chi connectivity index (χ4v) is 1.78. The highest BCUT2D eigenvalue weighted by atomic mass is 19.1. The molecule has 3 nitrogen and oxygen atoms in total. The first-order chi connectivity index (χ1) is 8.31. The van der Waals surface area contributed by atoms with Crippen molar-refractivity contribution in [3.05, 3.63) is 42.5 Å². The maximum absolute atomic E-state index is 12.8. The van der Waals surface area contributed by atoms with Gasteiger partial charge in [-0.3, -0.25) is 0 Å². The molecule has 0 fully saturated rings. The summed E-state index contributed by atoms with van der Waals surface area (Å²) in [6.07, 6.45) is 4.77. The molecule has 1 aromatic carbocycles. The summed E-state index contributed by atoms with van der Waals surface area (Å²) < 4.78 is 14.9. The number of halogens is 1. The molecule has 1 N–H and O–H groups in total. The van der Waals surface area contributed by atoms with Crippen molar-refractivity contribution in [3.63, 3.8) is 0 Å². The van der Waals surface area contributed by atoms with Gasteiger partial charge in [-0.05, 0) is 44.3 Å². The van der Waals surface area contributed by atoms with E-state index in [1.807, 2.05) is 13.2 Å². The van der Waals surface area contributed by atoms with E-state index in [1.54, 1.807) is 18.3 Å². The minimum atomic E-state index is -0.220. The van der Waals surface area contributed by atoms with E-state index >= 15 is 0 Å². The number of rotatable bonds is 5. The summed E-state index contributed by atoms with van der Waals surface area (Å²) in [5, 5.41) is 3.11. The second-order valence-electron chi connectivity index (χ2n) is 3.91. The van der Waals surface area contributed by atoms with Gasteiger partial charge in [-0.2, -0.15) is 0 Å². The summed E-state index contributed by atoms with van der Waals surface area (Å²) in [6.45, 7) is 1.88. The SMILES string of the molecule is CNCCCn1ccnc1-c1ccc(F)cc1. The quantitative estimate of drug-likeness (QED) is 0.803. The summed E-state index contributed by atoms with van der Waals surface area (Å²) in [7, 11) is 1.94. The molecule has 0 bridgehead atoms. The van der Waals surface area contributed by atoms with Crippen LogP contribution in [0.3, 0.4) is 0 Å². The molecule has 4 heteroatoms. The maximum Gasteiger partial charge on any atom is 0.139 e. The van der Waals surface area contributed by atoms with Gasteiger partial charge in [-0.15, -0.1) is 0 Å². The molecule has 0 aliphatic heterocycles. The standard InChI is InChI=1S/C13H16FN3/c1-15-7-2-9-17-10-8-16-13(17)11-3-5-12(14)6-4-11/h3-6,8,10,15H,2,7,9H2,1H3. The van der Waals surface area contributed by atoms with Crippen LogP contribution in [0.2, 0.25) is 0 Å². The predicted molar refractivity (Wildman–Crippen MR) is 66.2 cm³/mol. The molecule has 1 aromatic heterocycles. The monoisotopic (exact) mass is 233 g/mol. The third kappa shape index (κ3) is 2.91. The highest BCUT2D eigenvalue weighted by Gasteiger charge is 2.05. The van der Waals surface area contributed by atoms with E-state index in [0.29, 0.717) is 0 Å². The van der Waals surface area contributed by atoms with Crippen LogP contribution in [0.1, 0.15) is 6.42 Å². The number of hydrogen-bond acceptors (Lipinski definition) is 2. The van der Waals surface area contributed by atoms with Crippen molar-refractivity contribution in [3.8, 4) is 11.4 Å². The predicted octanol–water partition coefficient (Wildman–Crippen LogP) is 2.30. The molecule has 0 amide bonds. The Balaban J connectivity index is 2.15. The Hall–Kier alpha value is -1.68. The molecule has 2 aromatic rings. The van der Waals surface area contributed by atoms with E-state index in [0.717, 1.165) is 30.9 Å². The average Bonchev–Trinajstić information content (AvgIpc) is 2.79. The van der Waals surface area contributed by atoms with Crippen molar-refractivity contribution in [1.82, 2.24) is 14.9 Å². The van der Waals surface area contributed by atoms with Crippen LogP contribution in [0, 0.1) is 5.82 Å². The third-order valence-corrected chi connectivity index (χ3v) is 2.64. The minimum Gasteiger partial charge on any atom is -0.331 e. The normalized spacial score (nSPS) is 10.7. The Kier molecular flexibility index (Phi) is 3.88. The first kappa shape index (κ1) is 11.8. The number of imidazole rings is 1. The zero-order valence-corrected chi connectivity index (χ0v) is 9.86. The van der Waals surface area contributed by atoms with E-state index < -0.39 is 0 Å². The number of aryl methyl sites for hydroxylation is 1. The summed E-state index contributed by atoms with van der Waals surface area (Å²) in [4.78, 5) is 4.31. The van der Waals surface area contributed by atoms with E-state index in [2.05, 4.69) is 14.9 Å². The second kappa shape index (κ2) is 5.59. The van der Waals surface area contributed by atoms with Crippen LogP contribution in [-0.4, -0.2) is 23.1 Å². The third-order valence-electron chi connectivity index (χ3n) is 2.64. The summed E-state index contributed by atoms with van der Waals surface area (Å²) >= 11 is 0. The van der Waals surface area contributed by atoms with Crippen molar-refractivity contribution >= 4 is 0 Å². The molecule has 0 saturated heterocycles. The Morgan fingerprint density at radius 2 is 2.06 bits per heavy atom. The smallest absolute Gasteiger partial charge is 0.139 e. The van der Waals surface area contributed by atoms with E-state index in [4.69, 9.17) is 0 Å². The van der Waals surface area contributed by atoms with Crippen molar-refractivity contribution in [2.45, 2.75) is 13.0 Å². The lowest BCUT2D eigenvalue weighted by atomic mass is 10.2. The summed E-state index contributed by atoms with van der Waals surface area (Å²) in [5.41, 5.74) is 0.945. The first-order valence-corrected chi connectivity index (χ1v) is 5.73. The molecule has 0 aliphatic rings. The lowest BCUT2D eigenvalue weighted by Gasteiger charge is -2.07. The molecular weight excluding hydrogens is 217 g/mol. The van der Waals surface area contributed by atoms with E-state index in [-0.39, 0.29) is 5.82 Å². The van der Waals surface area contributed by atoms with Crippen molar-refractivity contribution < 1.29 is 4.39 Å². The highest BCUT2D eigenvalue weighted by Crippen LogP contribution is 2.17. The molecule has 17 heavy (non-hydrogen) atoms. The largest absolute Gasteiger partial charge is 0.331 e. The Morgan fingerprint density at radius 3 is 2.76 bits per heavy atom. The molecule has 0 unspecified atom stereocenters. The summed E-state index contributed by atoms with van der Waals surface area (Å²) in [5.74, 6) is 0.670. The lowest BCUT2D eigenvalue weighted by molar-refractivity contribution is 0.616. The molecular formula is C13H16FN3. The second-order valence-corrected chi connectivity index (χ2v) is 3.91. The van der Waals surface area contributed by atoms with Gasteiger partial charge in [0.15, 0.2) is 0 Å². The van der Waals surface area contributed by atoms with Gasteiger partial charge in [-0.1, -0.05) is 0 Å². The van der Waals surface area contributed by atoms with Gasteiger partial charge in [-0.25, -0.2) is 9.37 Å². The van der Waals surface area contributed by atoms with Crippen LogP contribution in [-0.2, 0) is 6.54 Å². The molecule has 90 valence electrons. The van der Waals surface area contributed by atoms with Crippen LogP contribution in [0.25, 0.3) is 11.4 Å². The number of hydrogen-bond donors (Lipinski definition) is 1. The van der Waals surface area contributed by atoms with Gasteiger partial charge in [0.1, 0.15) is 11.6 Å². The number of aromatic nitrogens is 2. The van der Waals surface area contributed by atoms with Crippen LogP contribution in [0.4, 0.5) is 4.39 Å². The van der Waals surface area contributed by atoms with Crippen LogP contribution >= 0.6 is 0 Å². The zero-order valence-electron chi connectivity index (χ0n) is 9.86. The van der Waals surface area contributed by atoms with Gasteiger partial charge in [0.2, 0.25) is 0 Å². The van der Waals surface area contributed by atoms with Gasteiger partial charge in [0, 0.05) is 24.5 Å². The maximum atomic E-state index is 12.8. The van der Waals surface area contributed by atoms with Crippen molar-refractivity contribution in [1.29, 1.82) is 0 Å². The van der Waals surface area contributed by atoms with Gasteiger partial charge in [0.25, 0.3) is 0 Å². The zero-order chi connectivity index (χ0) is 12.1. The number of nitrogens with zero attached hydrogens (tertiary/aromatic N) is 2. The van der Waals surface area contributed by atoms with Crippen LogP contribution < -0.4 is 5.32 Å². The Bertz CT molecular complexity index is 462. The number of benzene rings is 1. The van der Waals surface area contributed by atoms with Crippen LogP contribution in [0.5, 0.6) is 0 Å². The van der Waals surface area contributed by atoms with Gasteiger partial charge in [0.05, 0.1) is 0 Å². The molecule has 1 heterocycles. The fraction of sp³-hybridized carbons (Fsp3) is 0.308. The first-order valence-electron chi connectivity index (χ1n) is 5.73. The van der Waals surface area contributed by atoms with E-state index in [9.17, 15) is 4.39 Å². The van der Waals surface area contributed by atoms with E-state index in [1.165, 1.54) is 12.1 Å². The van der Waals surface area contributed by atoms with Crippen molar-refractivity contribution in [2.24, 2.45) is 0 Å².